The first-order chi connectivity index (χ1) is 54.2. The molecule has 2 saturated carbocycles. The van der Waals surface area contributed by atoms with Crippen LogP contribution in [0.15, 0.2) is 164 Å². The largest absolute Gasteiger partial charge is 0.410 e. The van der Waals surface area contributed by atoms with E-state index in [4.69, 9.17) is 4.74 Å². The minimum absolute atomic E-state index is 0.00730. The maximum absolute atomic E-state index is 12.6. The van der Waals surface area contributed by atoms with Gasteiger partial charge in [-0.2, -0.15) is 13.2 Å². The number of benzene rings is 1. The van der Waals surface area contributed by atoms with E-state index in [0.29, 0.717) is 46.6 Å². The van der Waals surface area contributed by atoms with Crippen molar-refractivity contribution in [3.05, 3.63) is 215 Å². The normalized spacial score (nSPS) is 21.2. The lowest BCUT2D eigenvalue weighted by Crippen LogP contribution is -2.66. The molecule has 5 atom stereocenters. The second-order valence-electron chi connectivity index (χ2n) is 28.9. The summed E-state index contributed by atoms with van der Waals surface area (Å²) in [5.41, 5.74) is 5.71. The molecule has 20 rings (SSSR count). The third kappa shape index (κ3) is 19.5. The lowest BCUT2D eigenvalue weighted by Gasteiger charge is -2.45. The van der Waals surface area contributed by atoms with Crippen LogP contribution in [-0.2, 0) is 50.4 Å². The zero-order valence-electron chi connectivity index (χ0n) is 59.7. The van der Waals surface area contributed by atoms with Crippen LogP contribution in [0.25, 0.3) is 0 Å². The molecule has 2 unspecified atom stereocenters. The highest BCUT2D eigenvalue weighted by molar-refractivity contribution is 9.11. The van der Waals surface area contributed by atoms with Gasteiger partial charge in [0.15, 0.2) is 0 Å². The number of nitrogens with zero attached hydrogens (tertiary/aromatic N) is 8. The number of alkyl halides is 7. The molecule has 40 heteroatoms. The number of fused-ring (bicyclic) bond motifs is 8. The second-order valence-corrected chi connectivity index (χ2v) is 36.3. The van der Waals surface area contributed by atoms with Crippen LogP contribution in [-0.4, -0.2) is 171 Å². The molecule has 8 aromatic heterocycles. The van der Waals surface area contributed by atoms with E-state index in [1.165, 1.54) is 41.1 Å². The van der Waals surface area contributed by atoms with Crippen LogP contribution in [0.5, 0.6) is 0 Å². The number of rotatable bonds is 5. The number of amides is 8. The van der Waals surface area contributed by atoms with Crippen LogP contribution in [0, 0.1) is 0 Å². The van der Waals surface area contributed by atoms with Gasteiger partial charge in [0.1, 0.15) is 76.5 Å². The fourth-order valence-electron chi connectivity index (χ4n) is 14.5. The Hall–Kier alpha value is -7.47. The summed E-state index contributed by atoms with van der Waals surface area (Å²) in [6.45, 7) is 4.23. The van der Waals surface area contributed by atoms with Crippen molar-refractivity contribution in [1.29, 1.82) is 0 Å². The predicted molar refractivity (Wildman–Crippen MR) is 432 cm³/mol. The first-order valence-corrected chi connectivity index (χ1v) is 42.0. The van der Waals surface area contributed by atoms with Crippen molar-refractivity contribution in [2.75, 3.05) is 39.7 Å². The van der Waals surface area contributed by atoms with Gasteiger partial charge in [-0.3, -0.25) is 38.4 Å². The van der Waals surface area contributed by atoms with Gasteiger partial charge in [-0.1, -0.05) is 30.3 Å². The molecular formula is C74H71Br8F7N16O9. The molecule has 0 bridgehead atoms. The summed E-state index contributed by atoms with van der Waals surface area (Å²) in [5.74, 6) is -1.08. The Morgan fingerprint density at radius 2 is 0.754 bits per heavy atom. The lowest BCUT2D eigenvalue weighted by atomic mass is 9.75. The van der Waals surface area contributed by atoms with Crippen molar-refractivity contribution in [3.8, 4) is 0 Å². The van der Waals surface area contributed by atoms with Gasteiger partial charge in [0.2, 0.25) is 0 Å². The molecule has 17 heterocycles. The zero-order chi connectivity index (χ0) is 81.5. The first-order valence-electron chi connectivity index (χ1n) is 35.6. The molecule has 3 fully saturated rings. The summed E-state index contributed by atoms with van der Waals surface area (Å²) < 4.78 is 113. The van der Waals surface area contributed by atoms with Gasteiger partial charge < -0.3 is 83.8 Å². The highest BCUT2D eigenvalue weighted by Gasteiger charge is 2.49. The van der Waals surface area contributed by atoms with Crippen LogP contribution in [0.2, 0.25) is 0 Å². The van der Waals surface area contributed by atoms with E-state index in [-0.39, 0.29) is 94.0 Å². The monoisotopic (exact) mass is 2090 g/mol. The number of aromatic nitrogens is 8. The second kappa shape index (κ2) is 35.0. The Bertz CT molecular complexity index is 5010. The molecule has 9 aromatic rings. The van der Waals surface area contributed by atoms with Crippen molar-refractivity contribution < 1.29 is 73.8 Å². The average molecular weight is 2100 g/mol. The molecule has 8 amide bonds. The van der Waals surface area contributed by atoms with E-state index in [1.807, 2.05) is 81.0 Å². The third-order valence-electron chi connectivity index (χ3n) is 20.4. The van der Waals surface area contributed by atoms with Gasteiger partial charge in [0, 0.05) is 131 Å². The summed E-state index contributed by atoms with van der Waals surface area (Å²) in [6.07, 6.45) is 14.0. The molecule has 25 nitrogen and oxygen atoms in total. The number of carbonyl (C=O) groups excluding carboxylic acids is 8. The van der Waals surface area contributed by atoms with E-state index >= 15 is 0 Å². The minimum atomic E-state index is -4.36. The van der Waals surface area contributed by atoms with E-state index in [9.17, 15) is 69.1 Å². The quantitative estimate of drug-likeness (QED) is 0.0760. The van der Waals surface area contributed by atoms with E-state index in [0.717, 1.165) is 112 Å². The highest BCUT2D eigenvalue weighted by atomic mass is 79.9. The van der Waals surface area contributed by atoms with Crippen LogP contribution < -0.4 is 42.5 Å². The SMILES string of the molecule is O=C1NC2(CC2)Cn2cc(Br)cc21.O=C1NC2(CCC2)Cn2cc(Br)cc21.O=C1NC2(COC2)Cn2cc(Br)cc21.O=C1NCC(C(F)(F)F)n2cc(Br)cc21.O=C1NCC(C(F)F)n2cc(Br)cc21.O=C1N[C@@H](CF)Cn2cc(Br)cc21.O=C1N[C@@H](Cc2ccccc2)Cn2cc(Br)cc21.O=C1N[C@H](CF)Cn2cc(Br)cc21. The number of nitrogens with one attached hydrogen (secondary N) is 8. The summed E-state index contributed by atoms with van der Waals surface area (Å²) >= 11 is 26.3. The molecule has 1 saturated heterocycles. The Morgan fingerprint density at radius 3 is 1.13 bits per heavy atom. The molecule has 0 radical (unpaired) electrons. The van der Waals surface area contributed by atoms with Gasteiger partial charge in [-0.15, -0.1) is 0 Å². The smallest absolute Gasteiger partial charge is 0.376 e. The Balaban J connectivity index is 0.000000114. The van der Waals surface area contributed by atoms with Gasteiger partial charge in [-0.05, 0) is 220 Å². The lowest BCUT2D eigenvalue weighted by molar-refractivity contribution is -0.167. The Labute approximate surface area is 713 Å². The molecule has 114 heavy (non-hydrogen) atoms. The van der Waals surface area contributed by atoms with Crippen molar-refractivity contribution in [2.45, 2.75) is 137 Å². The summed E-state index contributed by atoms with van der Waals surface area (Å²) in [4.78, 5) is 92.2. The highest BCUT2D eigenvalue weighted by Crippen LogP contribution is 2.41. The number of hydrogen-bond donors (Lipinski definition) is 8. The third-order valence-corrected chi connectivity index (χ3v) is 23.9. The van der Waals surface area contributed by atoms with Crippen LogP contribution in [0.1, 0.15) is 134 Å². The zero-order valence-corrected chi connectivity index (χ0v) is 72.4. The molecule has 8 N–H and O–H groups in total. The van der Waals surface area contributed by atoms with Crippen molar-refractivity contribution >= 4 is 175 Å². The molecule has 606 valence electrons. The standard InChI is InChI=1S/C14H13BrN2O.C10H11BrN2O.C9H9BrN2O2.C9H9BrN2O.C8H6BrF3N2O.C8H7BrF2N2O.2C8H8BrFN2O/c15-11-7-13-14(18)16-12(9-17(13)8-11)6-10-4-2-1-3-5-10;11-7-4-8-9(14)12-10(2-1-3-10)6-13(8)5-7;10-6-1-7-8(13)11-9(4-14-5-9)3-12(7)2-6;10-6-3-7-8(13)11-9(1-2-9)5-12(7)4-6;9-4-1-5-7(15)13-2-6(8(10,11)12)14(5)3-4;9-4-1-5-8(14)12-2-6(7(10)11)13(5)3-4;2*9-5-1-7-8(13)11-6(2-10)4-12(7)3-5/h1-5,7-8,12H,6,9H2,(H,16,18);4-5H,1-3,6H2,(H,12,14);1-2H,3-5H2,(H,11,13);3-4H,1-2,5H2,(H,11,13);1,3,6H,2H2,(H,13,15);1,3,6-7H,2H2,(H,12,14);2*1,3,6H,2,4H2,(H,11,13)/t12-;;;;;;2*6-/m0.....10/s1. The van der Waals surface area contributed by atoms with Gasteiger partial charge in [0.25, 0.3) is 53.7 Å². The Kier molecular flexibility index (Phi) is 25.9. The molecule has 11 aliphatic rings. The summed E-state index contributed by atoms with van der Waals surface area (Å²) in [6, 6.07) is 20.8. The van der Waals surface area contributed by atoms with E-state index in [2.05, 4.69) is 187 Å². The average Bonchev–Trinajstić information content (AvgIpc) is 1.43. The van der Waals surface area contributed by atoms with E-state index in [1.54, 1.807) is 33.7 Å². The van der Waals surface area contributed by atoms with Gasteiger partial charge >= 0.3 is 6.18 Å². The Morgan fingerprint density at radius 1 is 0.412 bits per heavy atom. The number of halogens is 15. The summed E-state index contributed by atoms with van der Waals surface area (Å²) in [5, 5.41) is 22.0. The first kappa shape index (κ1) is 84.4. The van der Waals surface area contributed by atoms with Crippen molar-refractivity contribution in [2.24, 2.45) is 0 Å². The number of ether oxygens (including phenoxy) is 1. The molecular weight excluding hydrogens is 2030 g/mol. The van der Waals surface area contributed by atoms with Crippen LogP contribution in [0.4, 0.5) is 30.7 Å². The maximum Gasteiger partial charge on any atom is 0.410 e. The molecule has 2 aliphatic carbocycles. The van der Waals surface area contributed by atoms with E-state index < -0.39 is 50.5 Å². The fourth-order valence-corrected chi connectivity index (χ4v) is 18.2. The van der Waals surface area contributed by atoms with Gasteiger partial charge in [0.05, 0.1) is 49.0 Å². The van der Waals surface area contributed by atoms with Gasteiger partial charge in [-0.25, -0.2) is 17.6 Å². The molecule has 1 aromatic carbocycles. The van der Waals surface area contributed by atoms with Crippen molar-refractivity contribution in [1.82, 2.24) is 79.1 Å². The minimum Gasteiger partial charge on any atom is -0.376 e. The molecule has 3 spiro atoms. The maximum atomic E-state index is 12.6. The number of carbonyl (C=O) groups is 8. The molecule has 9 aliphatic heterocycles. The fraction of sp³-hybridized carbons (Fsp3) is 0.378. The van der Waals surface area contributed by atoms with Crippen molar-refractivity contribution in [3.63, 3.8) is 0 Å². The number of hydrogen-bond acceptors (Lipinski definition) is 9. The topological polar surface area (TPSA) is 281 Å². The summed E-state index contributed by atoms with van der Waals surface area (Å²) in [7, 11) is 0. The predicted octanol–water partition coefficient (Wildman–Crippen LogP) is 13.4. The van der Waals surface area contributed by atoms with Crippen LogP contribution >= 0.6 is 127 Å². The van der Waals surface area contributed by atoms with Crippen LogP contribution in [0.3, 0.4) is 0 Å².